The van der Waals surface area contributed by atoms with Gasteiger partial charge in [-0.2, -0.15) is 8.78 Å². The molecule has 4 nitrogen and oxygen atoms in total. The van der Waals surface area contributed by atoms with Crippen LogP contribution in [0.5, 0.6) is 5.75 Å². The summed E-state index contributed by atoms with van der Waals surface area (Å²) in [6.45, 7) is -2.84. The van der Waals surface area contributed by atoms with Gasteiger partial charge in [0, 0.05) is 21.9 Å². The Kier molecular flexibility index (Phi) is 4.43. The van der Waals surface area contributed by atoms with Gasteiger partial charge in [0.2, 0.25) is 5.91 Å². The van der Waals surface area contributed by atoms with E-state index in [0.29, 0.717) is 27.4 Å². The van der Waals surface area contributed by atoms with E-state index in [1.54, 1.807) is 41.0 Å². The van der Waals surface area contributed by atoms with E-state index in [2.05, 4.69) is 10.8 Å². The summed E-state index contributed by atoms with van der Waals surface area (Å²) < 4.78 is 45.8. The van der Waals surface area contributed by atoms with Crippen LogP contribution in [0.2, 0.25) is 0 Å². The molecule has 7 heteroatoms. The van der Waals surface area contributed by atoms with E-state index in [1.807, 2.05) is 0 Å². The Morgan fingerprint density at radius 2 is 1.93 bits per heavy atom. The van der Waals surface area contributed by atoms with Gasteiger partial charge >= 0.3 is 6.61 Å². The van der Waals surface area contributed by atoms with E-state index >= 15 is 0 Å². The van der Waals surface area contributed by atoms with Crippen LogP contribution < -0.4 is 10.5 Å². The number of hydrogen-bond acceptors (Lipinski definition) is 2. The Balaban J connectivity index is 1.98. The number of fused-ring (bicyclic) bond motifs is 3. The number of primary amides is 1. The molecule has 2 N–H and O–H groups in total. The summed E-state index contributed by atoms with van der Waals surface area (Å²) in [5.41, 5.74) is 7.34. The number of amides is 1. The minimum Gasteiger partial charge on any atom is -0.434 e. The van der Waals surface area contributed by atoms with Gasteiger partial charge in [-0.3, -0.25) is 4.79 Å². The van der Waals surface area contributed by atoms with Crippen LogP contribution in [0, 0.1) is 11.9 Å². The minimum absolute atomic E-state index is 0.0268. The zero-order valence-electron chi connectivity index (χ0n) is 14.5. The van der Waals surface area contributed by atoms with E-state index in [9.17, 15) is 18.0 Å². The smallest absolute Gasteiger partial charge is 0.387 e. The number of carbonyl (C=O) groups is 1. The number of para-hydroxylation sites is 1. The molecule has 0 aliphatic rings. The fraction of sp³-hybridized carbons (Fsp3) is 0.0952. The fourth-order valence-electron chi connectivity index (χ4n) is 3.42. The van der Waals surface area contributed by atoms with Crippen molar-refractivity contribution in [2.45, 2.75) is 13.2 Å². The number of hydrogen-bond donors (Lipinski definition) is 1. The molecule has 0 unspecified atom stereocenters. The number of nitrogens with zero attached hydrogens (tertiary/aromatic N) is 1. The summed E-state index contributed by atoms with van der Waals surface area (Å²) in [6.07, 6.45) is 0. The van der Waals surface area contributed by atoms with Crippen molar-refractivity contribution in [2.75, 3.05) is 0 Å². The quantitative estimate of drug-likeness (QED) is 0.552. The van der Waals surface area contributed by atoms with Crippen LogP contribution in [0.15, 0.2) is 54.6 Å². The molecule has 0 saturated heterocycles. The van der Waals surface area contributed by atoms with Crippen molar-refractivity contribution >= 4 is 27.7 Å². The SMILES string of the molecule is NC(=O)c1cccc2c1c1[c]cc(F)cc1n2Cc1ccccc1OC(F)F. The van der Waals surface area contributed by atoms with Gasteiger partial charge in [-0.05, 0) is 36.4 Å². The molecule has 4 rings (SSSR count). The van der Waals surface area contributed by atoms with Crippen molar-refractivity contribution in [1.29, 1.82) is 0 Å². The maximum Gasteiger partial charge on any atom is 0.387 e. The molecule has 28 heavy (non-hydrogen) atoms. The zero-order valence-corrected chi connectivity index (χ0v) is 14.5. The van der Waals surface area contributed by atoms with Crippen molar-refractivity contribution < 1.29 is 22.7 Å². The third-order valence-electron chi connectivity index (χ3n) is 4.54. The van der Waals surface area contributed by atoms with Gasteiger partial charge < -0.3 is 15.0 Å². The van der Waals surface area contributed by atoms with Crippen LogP contribution >= 0.6 is 0 Å². The molecule has 0 atom stereocenters. The molecule has 0 aliphatic heterocycles. The Morgan fingerprint density at radius 1 is 1.14 bits per heavy atom. The number of carbonyl (C=O) groups excluding carboxylic acids is 1. The van der Waals surface area contributed by atoms with Crippen LogP contribution in [0.1, 0.15) is 15.9 Å². The summed E-state index contributed by atoms with van der Waals surface area (Å²) >= 11 is 0. The topological polar surface area (TPSA) is 57.2 Å². The van der Waals surface area contributed by atoms with Gasteiger partial charge in [0.1, 0.15) is 11.6 Å². The van der Waals surface area contributed by atoms with E-state index in [-0.39, 0.29) is 17.9 Å². The number of benzene rings is 3. The Morgan fingerprint density at radius 3 is 2.68 bits per heavy atom. The standard InChI is InChI=1S/C21H14F3N2O2/c22-13-8-9-14-17(10-13)26(16-6-3-5-15(19(14)16)20(25)27)11-12-4-1-2-7-18(12)28-21(23)24/h1-8,10,21H,11H2,(H2,25,27). The first kappa shape index (κ1) is 17.9. The van der Waals surface area contributed by atoms with E-state index in [4.69, 9.17) is 5.73 Å². The third-order valence-corrected chi connectivity index (χ3v) is 4.54. The lowest BCUT2D eigenvalue weighted by molar-refractivity contribution is -0.0504. The second kappa shape index (κ2) is 6.92. The van der Waals surface area contributed by atoms with Gasteiger partial charge in [0.15, 0.2) is 0 Å². The molecule has 0 saturated carbocycles. The average molecular weight is 383 g/mol. The zero-order chi connectivity index (χ0) is 19.8. The first-order valence-corrected chi connectivity index (χ1v) is 8.40. The number of halogens is 3. The van der Waals surface area contributed by atoms with Crippen LogP contribution in [0.4, 0.5) is 13.2 Å². The largest absolute Gasteiger partial charge is 0.434 e. The average Bonchev–Trinajstić information content (AvgIpc) is 2.96. The number of alkyl halides is 2. The maximum atomic E-state index is 13.9. The van der Waals surface area contributed by atoms with Crippen LogP contribution in [0.3, 0.4) is 0 Å². The molecule has 0 aliphatic carbocycles. The highest BCUT2D eigenvalue weighted by Crippen LogP contribution is 2.33. The second-order valence-electron chi connectivity index (χ2n) is 6.21. The summed E-state index contributed by atoms with van der Waals surface area (Å²) in [5, 5.41) is 1.07. The number of rotatable bonds is 5. The summed E-state index contributed by atoms with van der Waals surface area (Å²) in [5.74, 6) is -1.10. The minimum atomic E-state index is -2.97. The number of nitrogens with two attached hydrogens (primary N) is 1. The molecule has 1 aromatic heterocycles. The third kappa shape index (κ3) is 3.05. The highest BCUT2D eigenvalue weighted by molar-refractivity contribution is 6.17. The lowest BCUT2D eigenvalue weighted by atomic mass is 10.1. The molecule has 3 aromatic carbocycles. The number of ether oxygens (including phenoxy) is 1. The van der Waals surface area contributed by atoms with Gasteiger partial charge in [-0.1, -0.05) is 24.3 Å². The van der Waals surface area contributed by atoms with E-state index in [1.165, 1.54) is 18.2 Å². The summed E-state index contributed by atoms with van der Waals surface area (Å²) in [7, 11) is 0. The molecule has 141 valence electrons. The second-order valence-corrected chi connectivity index (χ2v) is 6.21. The first-order valence-electron chi connectivity index (χ1n) is 8.40. The van der Waals surface area contributed by atoms with Crippen molar-refractivity contribution in [3.8, 4) is 5.75 Å². The number of aromatic nitrogens is 1. The Hall–Kier alpha value is -3.48. The molecule has 0 bridgehead atoms. The van der Waals surface area contributed by atoms with Crippen molar-refractivity contribution in [3.05, 3.63) is 77.6 Å². The molecule has 0 fully saturated rings. The van der Waals surface area contributed by atoms with Gasteiger partial charge in [-0.15, -0.1) is 0 Å². The van der Waals surface area contributed by atoms with Crippen LogP contribution in [-0.4, -0.2) is 17.1 Å². The summed E-state index contributed by atoms with van der Waals surface area (Å²) in [6, 6.07) is 16.7. The first-order chi connectivity index (χ1) is 13.5. The van der Waals surface area contributed by atoms with Crippen LogP contribution in [0.25, 0.3) is 21.8 Å². The molecule has 1 radical (unpaired) electrons. The predicted octanol–water partition coefficient (Wildman–Crippen LogP) is 4.48. The highest BCUT2D eigenvalue weighted by atomic mass is 19.3. The molecule has 1 heterocycles. The van der Waals surface area contributed by atoms with E-state index < -0.39 is 18.3 Å². The Labute approximate surface area is 157 Å². The maximum absolute atomic E-state index is 13.9. The monoisotopic (exact) mass is 383 g/mol. The van der Waals surface area contributed by atoms with Crippen molar-refractivity contribution in [3.63, 3.8) is 0 Å². The normalized spacial score (nSPS) is 11.4. The van der Waals surface area contributed by atoms with E-state index in [0.717, 1.165) is 0 Å². The molecule has 0 spiro atoms. The Bertz CT molecular complexity index is 1200. The fourth-order valence-corrected chi connectivity index (χ4v) is 3.42. The van der Waals surface area contributed by atoms with Crippen molar-refractivity contribution in [1.82, 2.24) is 4.57 Å². The van der Waals surface area contributed by atoms with Crippen molar-refractivity contribution in [2.24, 2.45) is 5.73 Å². The lowest BCUT2D eigenvalue weighted by Gasteiger charge is -2.13. The molecular formula is C21H14F3N2O2. The summed E-state index contributed by atoms with van der Waals surface area (Å²) in [4.78, 5) is 11.9. The highest BCUT2D eigenvalue weighted by Gasteiger charge is 2.18. The predicted molar refractivity (Wildman–Crippen MR) is 98.9 cm³/mol. The lowest BCUT2D eigenvalue weighted by Crippen LogP contribution is -2.11. The van der Waals surface area contributed by atoms with Gasteiger partial charge in [0.05, 0.1) is 17.6 Å². The van der Waals surface area contributed by atoms with Crippen LogP contribution in [-0.2, 0) is 6.54 Å². The van der Waals surface area contributed by atoms with Gasteiger partial charge in [-0.25, -0.2) is 4.39 Å². The van der Waals surface area contributed by atoms with Gasteiger partial charge in [0.25, 0.3) is 0 Å². The molecule has 1 amide bonds. The molecular weight excluding hydrogens is 369 g/mol. The molecule has 4 aromatic rings.